The van der Waals surface area contributed by atoms with Gasteiger partial charge in [0.05, 0.1) is 20.2 Å². The molecule has 1 aliphatic carbocycles. The highest BCUT2D eigenvalue weighted by molar-refractivity contribution is 5.17. The van der Waals surface area contributed by atoms with Crippen LogP contribution >= 0.6 is 0 Å². The molecule has 118 valence electrons. The fraction of sp³-hybridized carbons (Fsp3) is 0.533. The summed E-state index contributed by atoms with van der Waals surface area (Å²) < 4.78 is 15.6. The monoisotopic (exact) mass is 305 g/mol. The number of hydrogen-bond acceptors (Lipinski definition) is 7. The molecule has 22 heavy (non-hydrogen) atoms. The first-order chi connectivity index (χ1) is 10.7. The molecule has 1 aliphatic rings. The number of aromatic nitrogens is 2. The van der Waals surface area contributed by atoms with E-state index in [1.807, 2.05) is 11.9 Å². The van der Waals surface area contributed by atoms with Crippen LogP contribution in [0.2, 0.25) is 0 Å². The first-order valence-electron chi connectivity index (χ1n) is 7.32. The molecule has 0 amide bonds. The Hall–Kier alpha value is -2.15. The highest BCUT2D eigenvalue weighted by Crippen LogP contribution is 2.35. The first kappa shape index (κ1) is 14.8. The average molecular weight is 305 g/mol. The number of methoxy groups -OCH3 is 1. The Morgan fingerprint density at radius 3 is 2.86 bits per heavy atom. The summed E-state index contributed by atoms with van der Waals surface area (Å²) in [6, 6.07) is 1.44. The second-order valence-corrected chi connectivity index (χ2v) is 5.63. The van der Waals surface area contributed by atoms with E-state index < -0.39 is 0 Å². The van der Waals surface area contributed by atoms with Crippen LogP contribution in [-0.4, -0.2) is 29.2 Å². The minimum absolute atomic E-state index is 0.191. The second kappa shape index (κ2) is 6.31. The van der Waals surface area contributed by atoms with Gasteiger partial charge in [-0.05, 0) is 19.9 Å². The predicted octanol–water partition coefficient (Wildman–Crippen LogP) is 1.93. The van der Waals surface area contributed by atoms with E-state index in [-0.39, 0.29) is 11.2 Å². The Bertz CT molecular complexity index is 690. The lowest BCUT2D eigenvalue weighted by molar-refractivity contribution is 0.264. The molecule has 0 saturated heterocycles. The number of rotatable bonds is 6. The van der Waals surface area contributed by atoms with Crippen molar-refractivity contribution in [1.29, 1.82) is 0 Å². The second-order valence-electron chi connectivity index (χ2n) is 5.63. The van der Waals surface area contributed by atoms with Gasteiger partial charge in [-0.15, -0.1) is 0 Å². The van der Waals surface area contributed by atoms with Gasteiger partial charge in [0, 0.05) is 12.0 Å². The summed E-state index contributed by atoms with van der Waals surface area (Å²) in [5, 5.41) is 4.01. The molecule has 0 atom stereocenters. The summed E-state index contributed by atoms with van der Waals surface area (Å²) in [6.07, 6.45) is 4.83. The molecule has 0 N–H and O–H groups in total. The summed E-state index contributed by atoms with van der Waals surface area (Å²) in [5.74, 6) is 2.60. The van der Waals surface area contributed by atoms with Crippen molar-refractivity contribution in [1.82, 2.24) is 15.0 Å². The summed E-state index contributed by atoms with van der Waals surface area (Å²) in [5.41, 5.74) is -0.191. The summed E-state index contributed by atoms with van der Waals surface area (Å²) in [4.78, 5) is 18.1. The van der Waals surface area contributed by atoms with Gasteiger partial charge in [0.2, 0.25) is 17.1 Å². The highest BCUT2D eigenvalue weighted by Gasteiger charge is 2.25. The molecule has 1 saturated carbocycles. The quantitative estimate of drug-likeness (QED) is 0.806. The molecular formula is C15H19N3O4. The third-order valence-electron chi connectivity index (χ3n) is 3.85. The molecule has 2 aromatic heterocycles. The van der Waals surface area contributed by atoms with Crippen molar-refractivity contribution in [3.63, 3.8) is 0 Å². The molecule has 0 radical (unpaired) electrons. The van der Waals surface area contributed by atoms with Crippen LogP contribution in [0.1, 0.15) is 42.7 Å². The lowest BCUT2D eigenvalue weighted by Crippen LogP contribution is -2.19. The molecule has 0 spiro atoms. The topological polar surface area (TPSA) is 81.6 Å². The van der Waals surface area contributed by atoms with E-state index in [2.05, 4.69) is 10.1 Å². The van der Waals surface area contributed by atoms with Gasteiger partial charge in [-0.3, -0.25) is 9.69 Å². The maximum absolute atomic E-state index is 11.7. The van der Waals surface area contributed by atoms with Gasteiger partial charge in [-0.1, -0.05) is 11.6 Å². The lowest BCUT2D eigenvalue weighted by atomic mass is 9.85. The molecule has 0 unspecified atom stereocenters. The summed E-state index contributed by atoms with van der Waals surface area (Å²) >= 11 is 0. The molecule has 7 heteroatoms. The number of nitrogens with zero attached hydrogens (tertiary/aromatic N) is 3. The molecule has 0 aromatic carbocycles. The normalized spacial score (nSPS) is 15.0. The molecule has 2 aromatic rings. The maximum Gasteiger partial charge on any atom is 0.229 e. The molecule has 1 fully saturated rings. The van der Waals surface area contributed by atoms with Crippen molar-refractivity contribution in [3.8, 4) is 5.75 Å². The Morgan fingerprint density at radius 1 is 1.41 bits per heavy atom. The molecular weight excluding hydrogens is 286 g/mol. The van der Waals surface area contributed by atoms with E-state index in [1.165, 1.54) is 25.9 Å². The fourth-order valence-corrected chi connectivity index (χ4v) is 2.39. The van der Waals surface area contributed by atoms with E-state index in [9.17, 15) is 4.79 Å². The largest absolute Gasteiger partial charge is 0.490 e. The zero-order valence-electron chi connectivity index (χ0n) is 12.7. The van der Waals surface area contributed by atoms with E-state index in [0.29, 0.717) is 30.6 Å². The number of hydrogen-bond donors (Lipinski definition) is 0. The fourth-order valence-electron chi connectivity index (χ4n) is 2.39. The van der Waals surface area contributed by atoms with E-state index >= 15 is 0 Å². The van der Waals surface area contributed by atoms with E-state index in [4.69, 9.17) is 13.7 Å². The standard InChI is InChI=1S/C15H19N3O4/c1-18(7-11-6-12(19)13(20-2)9-21-11)8-14-16-15(22-17-14)10-4-3-5-10/h6,9-10H,3-5,7-8H2,1-2H3. The maximum atomic E-state index is 11.7. The van der Waals surface area contributed by atoms with Gasteiger partial charge in [0.25, 0.3) is 0 Å². The van der Waals surface area contributed by atoms with E-state index in [0.717, 1.165) is 18.7 Å². The van der Waals surface area contributed by atoms with Crippen molar-refractivity contribution >= 4 is 0 Å². The number of ether oxygens (including phenoxy) is 1. The minimum Gasteiger partial charge on any atom is -0.490 e. The molecule has 2 heterocycles. The zero-order valence-corrected chi connectivity index (χ0v) is 12.7. The molecule has 7 nitrogen and oxygen atoms in total. The van der Waals surface area contributed by atoms with Crippen LogP contribution in [0.15, 0.2) is 26.1 Å². The van der Waals surface area contributed by atoms with Crippen molar-refractivity contribution < 1.29 is 13.7 Å². The summed E-state index contributed by atoms with van der Waals surface area (Å²) in [7, 11) is 3.34. The van der Waals surface area contributed by atoms with Gasteiger partial charge in [-0.25, -0.2) is 0 Å². The van der Waals surface area contributed by atoms with E-state index in [1.54, 1.807) is 0 Å². The molecule has 3 rings (SSSR count). The van der Waals surface area contributed by atoms with Crippen LogP contribution in [0, 0.1) is 0 Å². The molecule has 0 bridgehead atoms. The Morgan fingerprint density at radius 2 is 2.23 bits per heavy atom. The van der Waals surface area contributed by atoms with Gasteiger partial charge in [0.15, 0.2) is 5.82 Å². The minimum atomic E-state index is -0.191. The van der Waals surface area contributed by atoms with Crippen molar-refractivity contribution in [2.45, 2.75) is 38.3 Å². The summed E-state index contributed by atoms with van der Waals surface area (Å²) in [6.45, 7) is 1.01. The van der Waals surface area contributed by atoms with Crippen molar-refractivity contribution in [2.24, 2.45) is 0 Å². The van der Waals surface area contributed by atoms with Crippen LogP contribution < -0.4 is 10.2 Å². The van der Waals surface area contributed by atoms with Crippen LogP contribution in [0.3, 0.4) is 0 Å². The lowest BCUT2D eigenvalue weighted by Gasteiger charge is -2.20. The van der Waals surface area contributed by atoms with Crippen LogP contribution in [0.5, 0.6) is 5.75 Å². The SMILES string of the molecule is COc1coc(CN(C)Cc2noc(C3CCC3)n2)cc1=O. The van der Waals surface area contributed by atoms with Crippen molar-refractivity contribution in [3.05, 3.63) is 40.0 Å². The third kappa shape index (κ3) is 3.19. The van der Waals surface area contributed by atoms with Crippen LogP contribution in [0.25, 0.3) is 0 Å². The van der Waals surface area contributed by atoms with Gasteiger partial charge >= 0.3 is 0 Å². The third-order valence-corrected chi connectivity index (χ3v) is 3.85. The van der Waals surface area contributed by atoms with Crippen LogP contribution in [-0.2, 0) is 13.1 Å². The van der Waals surface area contributed by atoms with Crippen molar-refractivity contribution in [2.75, 3.05) is 14.2 Å². The van der Waals surface area contributed by atoms with Crippen LogP contribution in [0.4, 0.5) is 0 Å². The highest BCUT2D eigenvalue weighted by atomic mass is 16.5. The zero-order chi connectivity index (χ0) is 15.5. The van der Waals surface area contributed by atoms with Gasteiger partial charge in [-0.2, -0.15) is 4.98 Å². The smallest absolute Gasteiger partial charge is 0.229 e. The van der Waals surface area contributed by atoms with Gasteiger partial charge in [0.1, 0.15) is 12.0 Å². The average Bonchev–Trinajstić information content (AvgIpc) is 2.84. The Balaban J connectivity index is 1.59. The predicted molar refractivity (Wildman–Crippen MR) is 77.6 cm³/mol. The Kier molecular flexibility index (Phi) is 4.24. The van der Waals surface area contributed by atoms with Gasteiger partial charge < -0.3 is 13.7 Å². The molecule has 0 aliphatic heterocycles. The first-order valence-corrected chi connectivity index (χ1v) is 7.32. The Labute approximate surface area is 127 Å².